The van der Waals surface area contributed by atoms with E-state index in [2.05, 4.69) is 41.3 Å². The van der Waals surface area contributed by atoms with E-state index < -0.39 is 0 Å². The van der Waals surface area contributed by atoms with E-state index in [1.807, 2.05) is 54.6 Å². The fourth-order valence-corrected chi connectivity index (χ4v) is 3.25. The van der Waals surface area contributed by atoms with Gasteiger partial charge in [0.25, 0.3) is 5.89 Å². The summed E-state index contributed by atoms with van der Waals surface area (Å²) in [4.78, 5) is 4.56. The van der Waals surface area contributed by atoms with Crippen molar-refractivity contribution in [3.8, 4) is 34.3 Å². The molecular weight excluding hydrogens is 348 g/mol. The zero-order chi connectivity index (χ0) is 18.9. The topological polar surface area (TPSA) is 48.2 Å². The summed E-state index contributed by atoms with van der Waals surface area (Å²) >= 11 is 0. The van der Waals surface area contributed by atoms with Crippen LogP contribution in [-0.2, 0) is 6.42 Å². The Kier molecular flexibility index (Phi) is 4.02. The third kappa shape index (κ3) is 3.21. The minimum Gasteiger partial charge on any atom is -0.457 e. The molecule has 1 aromatic heterocycles. The Morgan fingerprint density at radius 1 is 0.857 bits per heavy atom. The second-order valence-electron chi connectivity index (χ2n) is 6.88. The quantitative estimate of drug-likeness (QED) is 0.439. The largest absolute Gasteiger partial charge is 0.457 e. The van der Waals surface area contributed by atoms with Gasteiger partial charge in [-0.3, -0.25) is 0 Å². The Balaban J connectivity index is 1.35. The van der Waals surface area contributed by atoms with Gasteiger partial charge in [-0.2, -0.15) is 4.98 Å². The first-order valence-corrected chi connectivity index (χ1v) is 9.23. The molecule has 0 unspecified atom stereocenters. The highest BCUT2D eigenvalue weighted by Gasteiger charge is 2.13. The fourth-order valence-electron chi connectivity index (χ4n) is 3.25. The van der Waals surface area contributed by atoms with E-state index in [-0.39, 0.29) is 0 Å². The summed E-state index contributed by atoms with van der Waals surface area (Å²) in [6.07, 6.45) is 5.28. The van der Waals surface area contributed by atoms with Crippen LogP contribution in [0.25, 0.3) is 28.9 Å². The Bertz CT molecular complexity index is 1160. The van der Waals surface area contributed by atoms with E-state index in [1.165, 1.54) is 16.7 Å². The van der Waals surface area contributed by atoms with Crippen molar-refractivity contribution >= 4 is 6.08 Å². The van der Waals surface area contributed by atoms with E-state index in [0.717, 1.165) is 29.0 Å². The Morgan fingerprint density at radius 2 is 1.57 bits per heavy atom. The molecule has 0 radical (unpaired) electrons. The van der Waals surface area contributed by atoms with Crippen LogP contribution in [0.15, 0.2) is 77.3 Å². The predicted octanol–water partition coefficient (Wildman–Crippen LogP) is 6.07. The number of rotatable bonds is 4. The van der Waals surface area contributed by atoms with Gasteiger partial charge >= 0.3 is 0 Å². The summed E-state index contributed by atoms with van der Waals surface area (Å²) < 4.78 is 11.4. The minimum atomic E-state index is 0.526. The summed E-state index contributed by atoms with van der Waals surface area (Å²) in [5.41, 5.74) is 5.56. The van der Waals surface area contributed by atoms with Crippen LogP contribution in [-0.4, -0.2) is 10.1 Å². The molecule has 0 saturated heterocycles. The SMILES string of the molecule is Cc1ccc(Oc2ccc(-c3noc(-c4ccc5c(c4)C=CC5)n3)cc2)cc1. The highest BCUT2D eigenvalue weighted by molar-refractivity contribution is 5.68. The predicted molar refractivity (Wildman–Crippen MR) is 109 cm³/mol. The van der Waals surface area contributed by atoms with Crippen molar-refractivity contribution in [2.24, 2.45) is 0 Å². The second kappa shape index (κ2) is 6.82. The molecule has 0 fully saturated rings. The van der Waals surface area contributed by atoms with E-state index in [9.17, 15) is 0 Å². The molecule has 0 amide bonds. The van der Waals surface area contributed by atoms with E-state index in [0.29, 0.717) is 11.7 Å². The van der Waals surface area contributed by atoms with Crippen LogP contribution in [0.5, 0.6) is 11.5 Å². The van der Waals surface area contributed by atoms with Crippen molar-refractivity contribution < 1.29 is 9.26 Å². The van der Waals surface area contributed by atoms with Crippen molar-refractivity contribution in [2.75, 3.05) is 0 Å². The molecule has 136 valence electrons. The zero-order valence-electron chi connectivity index (χ0n) is 15.4. The van der Waals surface area contributed by atoms with Gasteiger partial charge < -0.3 is 9.26 Å². The molecule has 1 aliphatic rings. The zero-order valence-corrected chi connectivity index (χ0v) is 15.4. The summed E-state index contributed by atoms with van der Waals surface area (Å²) in [6.45, 7) is 2.05. The maximum Gasteiger partial charge on any atom is 0.258 e. The molecule has 0 aliphatic heterocycles. The van der Waals surface area contributed by atoms with Crippen molar-refractivity contribution in [3.63, 3.8) is 0 Å². The Morgan fingerprint density at radius 3 is 2.36 bits per heavy atom. The van der Waals surface area contributed by atoms with Crippen LogP contribution < -0.4 is 4.74 Å². The molecule has 0 saturated carbocycles. The molecule has 1 heterocycles. The number of aromatic nitrogens is 2. The van der Waals surface area contributed by atoms with Gasteiger partial charge in [-0.15, -0.1) is 0 Å². The van der Waals surface area contributed by atoms with E-state index >= 15 is 0 Å². The van der Waals surface area contributed by atoms with Crippen molar-refractivity contribution in [3.05, 3.63) is 89.5 Å². The van der Waals surface area contributed by atoms with Gasteiger partial charge in [0.2, 0.25) is 5.82 Å². The number of benzene rings is 3. The monoisotopic (exact) mass is 366 g/mol. The molecule has 0 bridgehead atoms. The molecule has 0 atom stereocenters. The average molecular weight is 366 g/mol. The molecule has 0 spiro atoms. The number of allylic oxidation sites excluding steroid dienone is 1. The maximum atomic E-state index is 5.87. The molecule has 4 aromatic rings. The number of aryl methyl sites for hydroxylation is 1. The fraction of sp³-hybridized carbons (Fsp3) is 0.0833. The molecule has 28 heavy (non-hydrogen) atoms. The van der Waals surface area contributed by atoms with Gasteiger partial charge in [-0.05, 0) is 73.0 Å². The van der Waals surface area contributed by atoms with E-state index in [1.54, 1.807) is 0 Å². The van der Waals surface area contributed by atoms with Crippen molar-refractivity contribution in [1.82, 2.24) is 10.1 Å². The van der Waals surface area contributed by atoms with Crippen LogP contribution in [0.3, 0.4) is 0 Å². The number of ether oxygens (including phenoxy) is 1. The number of fused-ring (bicyclic) bond motifs is 1. The van der Waals surface area contributed by atoms with Gasteiger partial charge in [0.15, 0.2) is 0 Å². The lowest BCUT2D eigenvalue weighted by molar-refractivity contribution is 0.432. The molecule has 4 heteroatoms. The summed E-state index contributed by atoms with van der Waals surface area (Å²) in [7, 11) is 0. The van der Waals surface area contributed by atoms with Crippen LogP contribution >= 0.6 is 0 Å². The van der Waals surface area contributed by atoms with Crippen LogP contribution in [0.2, 0.25) is 0 Å². The molecule has 5 rings (SSSR count). The van der Waals surface area contributed by atoms with Crippen LogP contribution in [0.4, 0.5) is 0 Å². The van der Waals surface area contributed by atoms with Gasteiger partial charge in [-0.25, -0.2) is 0 Å². The standard InChI is InChI=1S/C24H18N2O2/c1-16-5-11-21(12-6-16)27-22-13-9-18(10-14-22)23-25-24(28-26-23)20-8-7-17-3-2-4-19(17)15-20/h2,4-15H,3H2,1H3. The summed E-state index contributed by atoms with van der Waals surface area (Å²) in [5, 5.41) is 4.13. The number of nitrogens with zero attached hydrogens (tertiary/aromatic N) is 2. The summed E-state index contributed by atoms with van der Waals surface area (Å²) in [5.74, 6) is 2.67. The van der Waals surface area contributed by atoms with Gasteiger partial charge in [0.05, 0.1) is 0 Å². The Hall–Kier alpha value is -3.66. The van der Waals surface area contributed by atoms with Gasteiger partial charge in [0.1, 0.15) is 11.5 Å². The molecule has 1 aliphatic carbocycles. The normalized spacial score (nSPS) is 12.2. The lowest BCUT2D eigenvalue weighted by atomic mass is 10.1. The molecule has 3 aromatic carbocycles. The van der Waals surface area contributed by atoms with Crippen LogP contribution in [0, 0.1) is 6.92 Å². The Labute approximate surface area is 163 Å². The van der Waals surface area contributed by atoms with Gasteiger partial charge in [0, 0.05) is 11.1 Å². The van der Waals surface area contributed by atoms with E-state index in [4.69, 9.17) is 9.26 Å². The first-order chi connectivity index (χ1) is 13.7. The third-order valence-electron chi connectivity index (χ3n) is 4.82. The smallest absolute Gasteiger partial charge is 0.258 e. The van der Waals surface area contributed by atoms with Crippen molar-refractivity contribution in [2.45, 2.75) is 13.3 Å². The number of hydrogen-bond donors (Lipinski definition) is 0. The van der Waals surface area contributed by atoms with Crippen molar-refractivity contribution in [1.29, 1.82) is 0 Å². The second-order valence-corrected chi connectivity index (χ2v) is 6.88. The number of hydrogen-bond acceptors (Lipinski definition) is 4. The van der Waals surface area contributed by atoms with Gasteiger partial charge in [-0.1, -0.05) is 41.1 Å². The highest BCUT2D eigenvalue weighted by atomic mass is 16.5. The lowest BCUT2D eigenvalue weighted by Crippen LogP contribution is -1.86. The first kappa shape index (κ1) is 16.5. The minimum absolute atomic E-state index is 0.526. The maximum absolute atomic E-state index is 5.87. The highest BCUT2D eigenvalue weighted by Crippen LogP contribution is 2.29. The van der Waals surface area contributed by atoms with Crippen LogP contribution in [0.1, 0.15) is 16.7 Å². The molecule has 4 nitrogen and oxygen atoms in total. The molecule has 0 N–H and O–H groups in total. The third-order valence-corrected chi connectivity index (χ3v) is 4.82. The molecular formula is C24H18N2O2. The summed E-state index contributed by atoms with van der Waals surface area (Å²) in [6, 6.07) is 21.9. The average Bonchev–Trinajstić information content (AvgIpc) is 3.39. The first-order valence-electron chi connectivity index (χ1n) is 9.23. The lowest BCUT2D eigenvalue weighted by Gasteiger charge is -2.06.